The van der Waals surface area contributed by atoms with E-state index in [-0.39, 0.29) is 53.0 Å². The van der Waals surface area contributed by atoms with E-state index in [0.717, 1.165) is 0 Å². The van der Waals surface area contributed by atoms with Crippen LogP contribution in [0.2, 0.25) is 10.0 Å². The summed E-state index contributed by atoms with van der Waals surface area (Å²) in [6, 6.07) is 1.51. The molecule has 2 aromatic rings. The van der Waals surface area contributed by atoms with Crippen LogP contribution in [0.4, 0.5) is 0 Å². The first-order chi connectivity index (χ1) is 19.3. The van der Waals surface area contributed by atoms with Gasteiger partial charge in [0.15, 0.2) is 18.7 Å². The number of hydrogen-bond donors (Lipinski definition) is 4. The number of rotatable bonds is 10. The van der Waals surface area contributed by atoms with Crippen LogP contribution < -0.4 is 11.2 Å². The molecule has 41 heavy (non-hydrogen) atoms. The molecule has 2 fully saturated rings. The number of aryl methyl sites for hydroxylation is 2. The highest BCUT2D eigenvalue weighted by Crippen LogP contribution is 2.46. The van der Waals surface area contributed by atoms with E-state index in [9.17, 15) is 29.5 Å². The molecule has 1 aromatic heterocycles. The molecule has 0 spiro atoms. The number of halogens is 2. The molecule has 1 aromatic carbocycles. The SMILES string of the molecule is Cc1cc(Cl)c(/C=N/O[C@@H]2C[C@H](n3cc(C)c(=O)[nH]c3=O)O[C@@H]2COP(C)(=O)OC[C@@H]2CC(O)OC2O)c(Cl)c1O. The van der Waals surface area contributed by atoms with E-state index in [0.29, 0.717) is 5.56 Å². The molecule has 0 bridgehead atoms. The number of phenolic OH excluding ortho intramolecular Hbond substituents is 1. The molecule has 2 aliphatic heterocycles. The van der Waals surface area contributed by atoms with Gasteiger partial charge in [0.05, 0.1) is 29.5 Å². The Morgan fingerprint density at radius 1 is 1.17 bits per heavy atom. The van der Waals surface area contributed by atoms with Crippen molar-refractivity contribution in [2.45, 2.75) is 57.7 Å². The molecule has 2 aliphatic rings. The number of aromatic nitrogens is 2. The Hall–Kier alpha value is -2.26. The van der Waals surface area contributed by atoms with E-state index >= 15 is 0 Å². The van der Waals surface area contributed by atoms with Gasteiger partial charge in [0.2, 0.25) is 0 Å². The lowest BCUT2D eigenvalue weighted by atomic mass is 10.1. The van der Waals surface area contributed by atoms with Gasteiger partial charge in [-0.3, -0.25) is 18.9 Å². The Labute approximate surface area is 243 Å². The molecule has 0 saturated carbocycles. The number of aromatic amines is 1. The van der Waals surface area contributed by atoms with Crippen molar-refractivity contribution in [2.75, 3.05) is 19.9 Å². The molecule has 17 heteroatoms. The van der Waals surface area contributed by atoms with Crippen molar-refractivity contribution in [1.82, 2.24) is 9.55 Å². The van der Waals surface area contributed by atoms with Crippen molar-refractivity contribution in [3.63, 3.8) is 0 Å². The first-order valence-electron chi connectivity index (χ1n) is 12.5. The van der Waals surface area contributed by atoms with Crippen LogP contribution in [0.15, 0.2) is 27.0 Å². The van der Waals surface area contributed by atoms with Gasteiger partial charge in [-0.15, -0.1) is 0 Å². The van der Waals surface area contributed by atoms with Crippen molar-refractivity contribution in [3.05, 3.63) is 59.8 Å². The van der Waals surface area contributed by atoms with Crippen LogP contribution in [-0.4, -0.2) is 75.8 Å². The van der Waals surface area contributed by atoms with E-state index in [1.165, 1.54) is 36.6 Å². The second-order valence-corrected chi connectivity index (χ2v) is 12.7. The van der Waals surface area contributed by atoms with Gasteiger partial charge >= 0.3 is 13.3 Å². The Bertz CT molecular complexity index is 1470. The Kier molecular flexibility index (Phi) is 10.00. The molecule has 7 atom stereocenters. The minimum absolute atomic E-state index is 0.0209. The van der Waals surface area contributed by atoms with Gasteiger partial charge in [0.25, 0.3) is 5.56 Å². The molecular weight excluding hydrogens is 608 g/mol. The lowest BCUT2D eigenvalue weighted by Crippen LogP contribution is -2.33. The number of oxime groups is 1. The second-order valence-electron chi connectivity index (χ2n) is 9.81. The number of aliphatic hydroxyl groups excluding tert-OH is 2. The Balaban J connectivity index is 1.48. The molecule has 3 heterocycles. The lowest BCUT2D eigenvalue weighted by molar-refractivity contribution is -0.169. The van der Waals surface area contributed by atoms with Gasteiger partial charge in [-0.2, -0.15) is 0 Å². The third-order valence-corrected chi connectivity index (χ3v) is 8.57. The molecule has 226 valence electrons. The molecular formula is C24H30Cl2N3O11P. The summed E-state index contributed by atoms with van der Waals surface area (Å²) in [6.45, 7) is 3.90. The molecule has 0 radical (unpaired) electrons. The smallest absolute Gasteiger partial charge is 0.330 e. The zero-order valence-corrected chi connectivity index (χ0v) is 24.6. The van der Waals surface area contributed by atoms with Gasteiger partial charge < -0.3 is 38.7 Å². The average molecular weight is 638 g/mol. The van der Waals surface area contributed by atoms with Crippen LogP contribution >= 0.6 is 30.8 Å². The summed E-state index contributed by atoms with van der Waals surface area (Å²) in [7, 11) is -3.68. The first kappa shape index (κ1) is 31.7. The van der Waals surface area contributed by atoms with E-state index < -0.39 is 55.8 Å². The zero-order chi connectivity index (χ0) is 30.1. The third kappa shape index (κ3) is 7.58. The number of aromatic hydroxyl groups is 1. The minimum Gasteiger partial charge on any atom is -0.506 e. The second kappa shape index (κ2) is 12.9. The number of nitrogens with one attached hydrogen (secondary N) is 1. The molecule has 3 unspecified atom stereocenters. The zero-order valence-electron chi connectivity index (χ0n) is 22.2. The maximum Gasteiger partial charge on any atom is 0.330 e. The number of phenols is 1. The van der Waals surface area contributed by atoms with Crippen molar-refractivity contribution in [1.29, 1.82) is 0 Å². The highest BCUT2D eigenvalue weighted by molar-refractivity contribution is 7.52. The number of hydrogen-bond acceptors (Lipinski definition) is 12. The molecule has 4 N–H and O–H groups in total. The van der Waals surface area contributed by atoms with Crippen molar-refractivity contribution in [2.24, 2.45) is 11.1 Å². The predicted octanol–water partition coefficient (Wildman–Crippen LogP) is 2.40. The van der Waals surface area contributed by atoms with Crippen LogP contribution in [-0.2, 0) is 27.9 Å². The number of nitrogens with zero attached hydrogens (tertiary/aromatic N) is 2. The minimum atomic E-state index is -3.68. The van der Waals surface area contributed by atoms with E-state index in [2.05, 4.69) is 10.1 Å². The van der Waals surface area contributed by atoms with Crippen LogP contribution in [0.3, 0.4) is 0 Å². The molecule has 2 saturated heterocycles. The van der Waals surface area contributed by atoms with Gasteiger partial charge in [-0.05, 0) is 25.5 Å². The quantitative estimate of drug-likeness (QED) is 0.170. The fourth-order valence-electron chi connectivity index (χ4n) is 4.28. The summed E-state index contributed by atoms with van der Waals surface area (Å²) in [5, 5.41) is 33.6. The van der Waals surface area contributed by atoms with Crippen LogP contribution in [0.1, 0.15) is 35.8 Å². The van der Waals surface area contributed by atoms with Crippen LogP contribution in [0, 0.1) is 19.8 Å². The largest absolute Gasteiger partial charge is 0.506 e. The van der Waals surface area contributed by atoms with Gasteiger partial charge in [0, 0.05) is 42.7 Å². The van der Waals surface area contributed by atoms with Gasteiger partial charge in [0.1, 0.15) is 18.1 Å². The summed E-state index contributed by atoms with van der Waals surface area (Å²) in [5.74, 6) is -0.764. The van der Waals surface area contributed by atoms with Crippen molar-refractivity contribution >= 4 is 37.0 Å². The van der Waals surface area contributed by atoms with E-state index in [1.54, 1.807) is 6.92 Å². The fraction of sp³-hybridized carbons (Fsp3) is 0.542. The summed E-state index contributed by atoms with van der Waals surface area (Å²) in [6.07, 6.45) is -2.32. The highest BCUT2D eigenvalue weighted by atomic mass is 35.5. The van der Waals surface area contributed by atoms with E-state index in [4.69, 9.17) is 46.6 Å². The predicted molar refractivity (Wildman–Crippen MR) is 147 cm³/mol. The van der Waals surface area contributed by atoms with Crippen LogP contribution in [0.25, 0.3) is 0 Å². The topological polar surface area (TPSA) is 191 Å². The number of ether oxygens (including phenoxy) is 2. The number of H-pyrrole nitrogens is 1. The van der Waals surface area contributed by atoms with Crippen molar-refractivity contribution in [3.8, 4) is 5.75 Å². The molecule has 14 nitrogen and oxygen atoms in total. The lowest BCUT2D eigenvalue weighted by Gasteiger charge is -2.21. The van der Waals surface area contributed by atoms with Gasteiger partial charge in [-0.1, -0.05) is 28.4 Å². The molecule has 0 aliphatic carbocycles. The van der Waals surface area contributed by atoms with Crippen molar-refractivity contribution < 1.29 is 43.2 Å². The maximum absolute atomic E-state index is 12.9. The summed E-state index contributed by atoms with van der Waals surface area (Å²) in [4.78, 5) is 32.1. The highest BCUT2D eigenvalue weighted by Gasteiger charge is 2.41. The molecule has 0 amide bonds. The molecule has 4 rings (SSSR count). The average Bonchev–Trinajstić information content (AvgIpc) is 3.45. The summed E-state index contributed by atoms with van der Waals surface area (Å²) < 4.78 is 35.9. The Morgan fingerprint density at radius 3 is 2.56 bits per heavy atom. The van der Waals surface area contributed by atoms with E-state index in [1.807, 2.05) is 0 Å². The maximum atomic E-state index is 12.9. The Morgan fingerprint density at radius 2 is 1.88 bits per heavy atom. The standard InChI is InChI=1S/C24H30Cl2N3O11P/c1-11-4-15(25)14(20(26)21(11)31)7-27-40-16-6-18(29-8-12(2)22(32)28-24(29)34)38-17(16)10-37-41(3,35)36-9-13-5-19(30)39-23(13)33/h4,7-8,13,16-19,23,30-31,33H,5-6,9-10H2,1-3H3,(H,28,32,34)/b27-7+/t13-,16+,17+,18+,19?,23?,41?/m0/s1. The first-order valence-corrected chi connectivity index (χ1v) is 15.2. The summed E-state index contributed by atoms with van der Waals surface area (Å²) in [5.41, 5.74) is -0.275. The fourth-order valence-corrected chi connectivity index (χ4v) is 5.89. The number of benzene rings is 1. The number of aliphatic hydroxyl groups is 2. The van der Waals surface area contributed by atoms with Gasteiger partial charge in [-0.25, -0.2) is 4.79 Å². The third-order valence-electron chi connectivity index (χ3n) is 6.63. The van der Waals surface area contributed by atoms with Crippen LogP contribution in [0.5, 0.6) is 5.75 Å². The normalized spacial score (nSPS) is 27.9. The monoisotopic (exact) mass is 637 g/mol. The summed E-state index contributed by atoms with van der Waals surface area (Å²) >= 11 is 12.4.